The van der Waals surface area contributed by atoms with Gasteiger partial charge < -0.3 is 15.0 Å². The van der Waals surface area contributed by atoms with Gasteiger partial charge in [0.2, 0.25) is 0 Å². The number of halogens is 3. The minimum Gasteiger partial charge on any atom is -0.484 e. The lowest BCUT2D eigenvalue weighted by atomic mass is 10.0. The Bertz CT molecular complexity index is 1140. The lowest BCUT2D eigenvalue weighted by Crippen LogP contribution is -2.19. The fourth-order valence-corrected chi connectivity index (χ4v) is 3.57. The van der Waals surface area contributed by atoms with Crippen LogP contribution in [0.4, 0.5) is 13.2 Å². The highest BCUT2D eigenvalue weighted by Crippen LogP contribution is 2.26. The van der Waals surface area contributed by atoms with E-state index in [9.17, 15) is 13.2 Å². The van der Waals surface area contributed by atoms with Crippen LogP contribution in [0.2, 0.25) is 0 Å². The maximum Gasteiger partial charge on any atom is 0.422 e. The molecule has 0 aliphatic heterocycles. The van der Waals surface area contributed by atoms with Crippen molar-refractivity contribution in [1.29, 1.82) is 0 Å². The molecule has 3 aromatic carbocycles. The number of H-pyrrole nitrogens is 1. The minimum atomic E-state index is -4.34. The van der Waals surface area contributed by atoms with Gasteiger partial charge in [-0.15, -0.1) is 0 Å². The van der Waals surface area contributed by atoms with Crippen LogP contribution in [0.1, 0.15) is 11.1 Å². The molecular weight excluding hydrogens is 401 g/mol. The topological polar surface area (TPSA) is 37.0 Å². The first-order valence-corrected chi connectivity index (χ1v) is 10.1. The van der Waals surface area contributed by atoms with E-state index in [0.29, 0.717) is 6.54 Å². The molecule has 3 nitrogen and oxygen atoms in total. The summed E-state index contributed by atoms with van der Waals surface area (Å²) < 4.78 is 41.7. The molecule has 0 bridgehead atoms. The lowest BCUT2D eigenvalue weighted by molar-refractivity contribution is -0.153. The predicted octanol–water partition coefficient (Wildman–Crippen LogP) is 6.11. The van der Waals surface area contributed by atoms with E-state index in [0.717, 1.165) is 24.0 Å². The fraction of sp³-hybridized carbons (Fsp3) is 0.200. The van der Waals surface area contributed by atoms with E-state index in [2.05, 4.69) is 40.6 Å². The molecule has 6 heteroatoms. The number of fused-ring (bicyclic) bond motifs is 1. The van der Waals surface area contributed by atoms with Crippen molar-refractivity contribution in [2.45, 2.75) is 19.1 Å². The van der Waals surface area contributed by atoms with E-state index in [-0.39, 0.29) is 5.75 Å². The van der Waals surface area contributed by atoms with E-state index in [1.165, 1.54) is 28.1 Å². The van der Waals surface area contributed by atoms with Crippen molar-refractivity contribution >= 4 is 10.9 Å². The smallest absolute Gasteiger partial charge is 0.422 e. The second kappa shape index (κ2) is 9.27. The second-order valence-electron chi connectivity index (χ2n) is 7.42. The highest BCUT2D eigenvalue weighted by Gasteiger charge is 2.28. The largest absolute Gasteiger partial charge is 0.484 e. The van der Waals surface area contributed by atoms with Gasteiger partial charge in [0.25, 0.3) is 0 Å². The van der Waals surface area contributed by atoms with Gasteiger partial charge in [0, 0.05) is 23.6 Å². The Morgan fingerprint density at radius 3 is 2.52 bits per heavy atom. The summed E-state index contributed by atoms with van der Waals surface area (Å²) in [5.41, 5.74) is 5.57. The highest BCUT2D eigenvalue weighted by molar-refractivity contribution is 5.87. The molecule has 0 saturated carbocycles. The first kappa shape index (κ1) is 21.0. The van der Waals surface area contributed by atoms with Crippen LogP contribution in [-0.2, 0) is 13.0 Å². The first-order chi connectivity index (χ1) is 15.0. The number of nitrogens with one attached hydrogen (secondary N) is 2. The standard InChI is InChI=1S/C25H23F3N2O/c26-25(27,28)17-31-22-8-4-5-18(13-22)15-29-12-11-21-16-30-24-14-20(9-10-23(21)24)19-6-2-1-3-7-19/h1-10,13-14,16,29-30H,11-12,15,17H2. The SMILES string of the molecule is FC(F)(F)COc1cccc(CNCCc2c[nH]c3cc(-c4ccccc4)ccc23)c1. The lowest BCUT2D eigenvalue weighted by Gasteiger charge is -2.10. The minimum absolute atomic E-state index is 0.225. The third kappa shape index (κ3) is 5.67. The second-order valence-corrected chi connectivity index (χ2v) is 7.42. The molecular formula is C25H23F3N2O. The van der Waals surface area contributed by atoms with Gasteiger partial charge in [0.15, 0.2) is 6.61 Å². The summed E-state index contributed by atoms with van der Waals surface area (Å²) in [5, 5.41) is 4.55. The quantitative estimate of drug-likeness (QED) is 0.335. The molecule has 4 rings (SSSR count). The van der Waals surface area contributed by atoms with Crippen molar-refractivity contribution in [2.24, 2.45) is 0 Å². The van der Waals surface area contributed by atoms with Crippen molar-refractivity contribution in [3.8, 4) is 16.9 Å². The van der Waals surface area contributed by atoms with Crippen molar-refractivity contribution in [3.05, 3.63) is 90.1 Å². The number of benzene rings is 3. The van der Waals surface area contributed by atoms with Gasteiger partial charge >= 0.3 is 6.18 Å². The van der Waals surface area contributed by atoms with Crippen LogP contribution >= 0.6 is 0 Å². The molecule has 0 aliphatic rings. The summed E-state index contributed by atoms with van der Waals surface area (Å²) in [6.07, 6.45) is -1.46. The van der Waals surface area contributed by atoms with E-state index in [4.69, 9.17) is 4.74 Å². The van der Waals surface area contributed by atoms with Crippen LogP contribution < -0.4 is 10.1 Å². The highest BCUT2D eigenvalue weighted by atomic mass is 19.4. The molecule has 160 valence electrons. The normalized spacial score (nSPS) is 11.7. The number of hydrogen-bond donors (Lipinski definition) is 2. The molecule has 2 N–H and O–H groups in total. The van der Waals surface area contributed by atoms with Crippen molar-refractivity contribution < 1.29 is 17.9 Å². The third-order valence-corrected chi connectivity index (χ3v) is 5.08. The molecule has 0 radical (unpaired) electrons. The van der Waals surface area contributed by atoms with Crippen molar-refractivity contribution in [2.75, 3.05) is 13.2 Å². The number of aromatic amines is 1. The molecule has 0 fully saturated rings. The Balaban J connectivity index is 1.32. The van der Waals surface area contributed by atoms with Crippen LogP contribution in [0.3, 0.4) is 0 Å². The molecule has 0 amide bonds. The Labute approximate surface area is 178 Å². The van der Waals surface area contributed by atoms with Gasteiger partial charge in [-0.25, -0.2) is 0 Å². The number of ether oxygens (including phenoxy) is 1. The van der Waals surface area contributed by atoms with Crippen LogP contribution in [0.5, 0.6) is 5.75 Å². The summed E-state index contributed by atoms with van der Waals surface area (Å²) in [4.78, 5) is 3.35. The molecule has 0 unspecified atom stereocenters. The predicted molar refractivity (Wildman–Crippen MR) is 117 cm³/mol. The first-order valence-electron chi connectivity index (χ1n) is 10.1. The molecule has 31 heavy (non-hydrogen) atoms. The average molecular weight is 424 g/mol. The zero-order valence-corrected chi connectivity index (χ0v) is 16.9. The maximum absolute atomic E-state index is 12.3. The molecule has 0 atom stereocenters. The number of aromatic nitrogens is 1. The van der Waals surface area contributed by atoms with E-state index >= 15 is 0 Å². The van der Waals surface area contributed by atoms with Crippen LogP contribution in [0, 0.1) is 0 Å². The van der Waals surface area contributed by atoms with Gasteiger partial charge in [-0.3, -0.25) is 0 Å². The molecule has 0 aliphatic carbocycles. The summed E-state index contributed by atoms with van der Waals surface area (Å²) >= 11 is 0. The summed E-state index contributed by atoms with van der Waals surface area (Å²) in [6.45, 7) is 0.0290. The van der Waals surface area contributed by atoms with Gasteiger partial charge in [-0.05, 0) is 53.4 Å². The summed E-state index contributed by atoms with van der Waals surface area (Å²) in [6, 6.07) is 23.4. The average Bonchev–Trinajstić information content (AvgIpc) is 3.18. The Morgan fingerprint density at radius 2 is 1.71 bits per heavy atom. The van der Waals surface area contributed by atoms with Crippen molar-refractivity contribution in [1.82, 2.24) is 10.3 Å². The fourth-order valence-electron chi connectivity index (χ4n) is 3.57. The number of hydrogen-bond acceptors (Lipinski definition) is 2. The maximum atomic E-state index is 12.3. The van der Waals surface area contributed by atoms with Gasteiger partial charge in [-0.1, -0.05) is 54.6 Å². The van der Waals surface area contributed by atoms with E-state index in [1.54, 1.807) is 12.1 Å². The molecule has 1 aromatic heterocycles. The monoisotopic (exact) mass is 424 g/mol. The summed E-state index contributed by atoms with van der Waals surface area (Å²) in [5.74, 6) is 0.225. The van der Waals surface area contributed by atoms with Gasteiger partial charge in [0.1, 0.15) is 5.75 Å². The number of rotatable bonds is 8. The van der Waals surface area contributed by atoms with Crippen LogP contribution in [0.15, 0.2) is 79.0 Å². The Kier molecular flexibility index (Phi) is 6.28. The van der Waals surface area contributed by atoms with Crippen molar-refractivity contribution in [3.63, 3.8) is 0 Å². The zero-order valence-electron chi connectivity index (χ0n) is 16.9. The molecule has 0 saturated heterocycles. The van der Waals surface area contributed by atoms with Gasteiger partial charge in [-0.2, -0.15) is 13.2 Å². The van der Waals surface area contributed by atoms with E-state index in [1.807, 2.05) is 30.5 Å². The molecule has 4 aromatic rings. The van der Waals surface area contributed by atoms with Gasteiger partial charge in [0.05, 0.1) is 0 Å². The Hall–Kier alpha value is -3.25. The Morgan fingerprint density at radius 1 is 0.871 bits per heavy atom. The zero-order chi connectivity index (χ0) is 21.7. The van der Waals surface area contributed by atoms with Crippen LogP contribution in [-0.4, -0.2) is 24.3 Å². The number of alkyl halides is 3. The summed E-state index contributed by atoms with van der Waals surface area (Å²) in [7, 11) is 0. The molecule has 0 spiro atoms. The van der Waals surface area contributed by atoms with E-state index < -0.39 is 12.8 Å². The van der Waals surface area contributed by atoms with Crippen LogP contribution in [0.25, 0.3) is 22.0 Å². The third-order valence-electron chi connectivity index (χ3n) is 5.08. The molecule has 1 heterocycles.